The van der Waals surface area contributed by atoms with Crippen molar-refractivity contribution in [2.24, 2.45) is 0 Å². The second-order valence-electron chi connectivity index (χ2n) is 8.90. The van der Waals surface area contributed by atoms with Crippen LogP contribution in [0.1, 0.15) is 47.0 Å². The van der Waals surface area contributed by atoms with Gasteiger partial charge in [0.25, 0.3) is 5.91 Å². The van der Waals surface area contributed by atoms with Crippen LogP contribution in [0.3, 0.4) is 0 Å². The minimum atomic E-state index is -0.314. The minimum Gasteiger partial charge on any atom is -0.451 e. The number of rotatable bonds is 5. The lowest BCUT2D eigenvalue weighted by Crippen LogP contribution is -2.10. The van der Waals surface area contributed by atoms with Crippen molar-refractivity contribution in [2.75, 3.05) is 5.32 Å². The number of hydrogen-bond acceptors (Lipinski definition) is 4. The van der Waals surface area contributed by atoms with Gasteiger partial charge in [0, 0.05) is 16.8 Å². The SMILES string of the molecule is Cc1ccc(-c2ccc(C(=O)Nc3cccc(-c4nc5cc(C(C)C)ccc5o4)c3)o2)cc1C. The number of furan rings is 1. The first-order valence-electron chi connectivity index (χ1n) is 11.4. The van der Waals surface area contributed by atoms with E-state index in [0.29, 0.717) is 23.3 Å². The molecule has 0 unspecified atom stereocenters. The molecule has 0 spiro atoms. The largest absolute Gasteiger partial charge is 0.451 e. The summed E-state index contributed by atoms with van der Waals surface area (Å²) in [5, 5.41) is 2.91. The number of fused-ring (bicyclic) bond motifs is 1. The summed E-state index contributed by atoms with van der Waals surface area (Å²) in [5.41, 5.74) is 7.54. The summed E-state index contributed by atoms with van der Waals surface area (Å²) in [7, 11) is 0. The standard InChI is InChI=1S/C29H26N2O3/c1-17(2)20-10-11-26-24(16-20)31-29(34-26)22-6-5-7-23(15-22)30-28(32)27-13-12-25(33-27)21-9-8-18(3)19(4)14-21/h5-17H,1-4H3,(H,30,32). The van der Waals surface area contributed by atoms with Gasteiger partial charge in [-0.2, -0.15) is 0 Å². The van der Waals surface area contributed by atoms with Gasteiger partial charge in [0.05, 0.1) is 0 Å². The number of aromatic nitrogens is 1. The quantitative estimate of drug-likeness (QED) is 0.297. The number of benzene rings is 3. The summed E-state index contributed by atoms with van der Waals surface area (Å²) in [4.78, 5) is 17.5. The Morgan fingerprint density at radius 2 is 1.71 bits per heavy atom. The molecule has 0 radical (unpaired) electrons. The zero-order valence-electron chi connectivity index (χ0n) is 19.7. The predicted molar refractivity (Wildman–Crippen MR) is 135 cm³/mol. The Hall–Kier alpha value is -4.12. The zero-order valence-corrected chi connectivity index (χ0v) is 19.7. The van der Waals surface area contributed by atoms with Gasteiger partial charge in [-0.25, -0.2) is 4.98 Å². The van der Waals surface area contributed by atoms with Gasteiger partial charge >= 0.3 is 0 Å². The van der Waals surface area contributed by atoms with Crippen molar-refractivity contribution in [1.29, 1.82) is 0 Å². The maximum Gasteiger partial charge on any atom is 0.291 e. The third-order valence-electron chi connectivity index (χ3n) is 6.07. The molecular formula is C29H26N2O3. The van der Waals surface area contributed by atoms with Crippen LogP contribution in [0.4, 0.5) is 5.69 Å². The molecule has 170 valence electrons. The van der Waals surface area contributed by atoms with Crippen molar-refractivity contribution in [1.82, 2.24) is 4.98 Å². The second kappa shape index (κ2) is 8.67. The second-order valence-corrected chi connectivity index (χ2v) is 8.90. The average Bonchev–Trinajstić information content (AvgIpc) is 3.48. The maximum atomic E-state index is 12.8. The molecule has 0 saturated heterocycles. The molecular weight excluding hydrogens is 424 g/mol. The first-order valence-corrected chi connectivity index (χ1v) is 11.4. The van der Waals surface area contributed by atoms with Crippen molar-refractivity contribution in [3.8, 4) is 22.8 Å². The van der Waals surface area contributed by atoms with E-state index in [4.69, 9.17) is 8.83 Å². The Balaban J connectivity index is 1.36. The molecule has 5 heteroatoms. The smallest absolute Gasteiger partial charge is 0.291 e. The van der Waals surface area contributed by atoms with Crippen molar-refractivity contribution in [3.63, 3.8) is 0 Å². The molecule has 1 amide bonds. The van der Waals surface area contributed by atoms with Gasteiger partial charge in [0.1, 0.15) is 11.3 Å². The van der Waals surface area contributed by atoms with Crippen LogP contribution < -0.4 is 5.32 Å². The number of nitrogens with zero attached hydrogens (tertiary/aromatic N) is 1. The molecule has 1 N–H and O–H groups in total. The third kappa shape index (κ3) is 4.25. The summed E-state index contributed by atoms with van der Waals surface area (Å²) < 4.78 is 11.8. The fourth-order valence-corrected chi connectivity index (χ4v) is 3.86. The molecule has 0 bridgehead atoms. The fraction of sp³-hybridized carbons (Fsp3) is 0.172. The fourth-order valence-electron chi connectivity index (χ4n) is 3.86. The lowest BCUT2D eigenvalue weighted by atomic mass is 10.0. The third-order valence-corrected chi connectivity index (χ3v) is 6.07. The first-order chi connectivity index (χ1) is 16.4. The van der Waals surface area contributed by atoms with E-state index in [9.17, 15) is 4.79 Å². The Morgan fingerprint density at radius 1 is 0.853 bits per heavy atom. The van der Waals surface area contributed by atoms with Gasteiger partial charge in [-0.15, -0.1) is 0 Å². The van der Waals surface area contributed by atoms with Gasteiger partial charge in [-0.05, 0) is 85.0 Å². The van der Waals surface area contributed by atoms with Crippen molar-refractivity contribution in [3.05, 3.63) is 95.2 Å². The lowest BCUT2D eigenvalue weighted by Gasteiger charge is -2.05. The van der Waals surface area contributed by atoms with E-state index in [2.05, 4.69) is 56.2 Å². The Morgan fingerprint density at radius 3 is 2.50 bits per heavy atom. The van der Waals surface area contributed by atoms with Crippen LogP contribution >= 0.6 is 0 Å². The van der Waals surface area contributed by atoms with Crippen LogP contribution in [0.25, 0.3) is 33.9 Å². The molecule has 2 heterocycles. The molecule has 5 rings (SSSR count). The first kappa shape index (κ1) is 21.7. The highest BCUT2D eigenvalue weighted by Gasteiger charge is 2.15. The van der Waals surface area contributed by atoms with Crippen LogP contribution in [-0.2, 0) is 0 Å². The van der Waals surface area contributed by atoms with E-state index in [1.165, 1.54) is 16.7 Å². The summed E-state index contributed by atoms with van der Waals surface area (Å²) in [6.45, 7) is 8.43. The van der Waals surface area contributed by atoms with E-state index in [-0.39, 0.29) is 11.7 Å². The van der Waals surface area contributed by atoms with E-state index in [0.717, 1.165) is 22.2 Å². The summed E-state index contributed by atoms with van der Waals surface area (Å²) in [6, 6.07) is 23.1. The number of aryl methyl sites for hydroxylation is 2. The topological polar surface area (TPSA) is 68.3 Å². The van der Waals surface area contributed by atoms with Crippen LogP contribution in [0, 0.1) is 13.8 Å². The monoisotopic (exact) mass is 450 g/mol. The van der Waals surface area contributed by atoms with E-state index >= 15 is 0 Å². The van der Waals surface area contributed by atoms with Crippen LogP contribution in [0.15, 0.2) is 81.6 Å². The molecule has 0 fully saturated rings. The molecule has 5 nitrogen and oxygen atoms in total. The Labute approximate surface area is 198 Å². The van der Waals surface area contributed by atoms with Gasteiger partial charge in [0.15, 0.2) is 11.3 Å². The summed E-state index contributed by atoms with van der Waals surface area (Å²) in [5.74, 6) is 1.53. The number of hydrogen-bond donors (Lipinski definition) is 1. The van der Waals surface area contributed by atoms with Crippen LogP contribution in [-0.4, -0.2) is 10.9 Å². The van der Waals surface area contributed by atoms with Crippen molar-refractivity contribution < 1.29 is 13.6 Å². The highest BCUT2D eigenvalue weighted by Crippen LogP contribution is 2.29. The molecule has 0 aliphatic rings. The summed E-state index contributed by atoms with van der Waals surface area (Å²) >= 11 is 0. The molecule has 0 aliphatic carbocycles. The van der Waals surface area contributed by atoms with Crippen molar-refractivity contribution >= 4 is 22.7 Å². The lowest BCUT2D eigenvalue weighted by molar-refractivity contribution is 0.0997. The zero-order chi connectivity index (χ0) is 23.8. The normalized spacial score (nSPS) is 11.3. The molecule has 0 saturated carbocycles. The molecule has 5 aromatic rings. The number of anilines is 1. The van der Waals surface area contributed by atoms with Crippen LogP contribution in [0.2, 0.25) is 0 Å². The van der Waals surface area contributed by atoms with Crippen LogP contribution in [0.5, 0.6) is 0 Å². The predicted octanol–water partition coefficient (Wildman–Crippen LogP) is 7.75. The van der Waals surface area contributed by atoms with Crippen molar-refractivity contribution in [2.45, 2.75) is 33.6 Å². The van der Waals surface area contributed by atoms with Gasteiger partial charge in [-0.1, -0.05) is 38.1 Å². The van der Waals surface area contributed by atoms with E-state index < -0.39 is 0 Å². The Bertz CT molecular complexity index is 1510. The summed E-state index contributed by atoms with van der Waals surface area (Å²) in [6.07, 6.45) is 0. The van der Waals surface area contributed by atoms with E-state index in [1.54, 1.807) is 6.07 Å². The minimum absolute atomic E-state index is 0.252. The van der Waals surface area contributed by atoms with Gasteiger partial charge < -0.3 is 14.2 Å². The molecule has 3 aromatic carbocycles. The molecule has 0 atom stereocenters. The number of oxazole rings is 1. The Kier molecular flexibility index (Phi) is 5.54. The molecule has 2 aromatic heterocycles. The number of nitrogens with one attached hydrogen (secondary N) is 1. The molecule has 34 heavy (non-hydrogen) atoms. The highest BCUT2D eigenvalue weighted by molar-refractivity contribution is 6.02. The average molecular weight is 451 g/mol. The van der Waals surface area contributed by atoms with E-state index in [1.807, 2.05) is 48.5 Å². The molecule has 0 aliphatic heterocycles. The number of carbonyl (C=O) groups excluding carboxylic acids is 1. The highest BCUT2D eigenvalue weighted by atomic mass is 16.4. The number of amides is 1. The maximum absolute atomic E-state index is 12.8. The van der Waals surface area contributed by atoms with Gasteiger partial charge in [-0.3, -0.25) is 4.79 Å². The van der Waals surface area contributed by atoms with Gasteiger partial charge in [0.2, 0.25) is 5.89 Å². The number of carbonyl (C=O) groups is 1.